The number of aryl methyl sites for hydroxylation is 1. The molecule has 0 saturated heterocycles. The van der Waals surface area contributed by atoms with Gasteiger partial charge in [-0.3, -0.25) is 28.8 Å². The molecule has 7 N–H and O–H groups in total. The number of nitrogens with one attached hydrogen (secondary N) is 4. The molecule has 4 amide bonds. The molecule has 0 fully saturated rings. The summed E-state index contributed by atoms with van der Waals surface area (Å²) in [5.74, 6) is -3.67. The lowest BCUT2D eigenvalue weighted by molar-refractivity contribution is -0.148. The summed E-state index contributed by atoms with van der Waals surface area (Å²) in [6.45, 7) is 11.0. The number of nitrogens with zero attached hydrogens (tertiary/aromatic N) is 2. The summed E-state index contributed by atoms with van der Waals surface area (Å²) in [4.78, 5) is 87.2. The number of esters is 1. The second-order valence-electron chi connectivity index (χ2n) is 21.3. The van der Waals surface area contributed by atoms with E-state index in [1.54, 1.807) is 11.5 Å². The molecule has 2 aliphatic heterocycles. The van der Waals surface area contributed by atoms with Crippen LogP contribution in [0.5, 0.6) is 0 Å². The van der Waals surface area contributed by atoms with Crippen LogP contribution in [0.3, 0.4) is 0 Å². The summed E-state index contributed by atoms with van der Waals surface area (Å²) < 4.78 is 55.5. The molecular weight excluding hydrogens is 1100 g/mol. The fraction of sp³-hybridized carbons (Fsp3) is 0.508. The Balaban J connectivity index is 0.841. The van der Waals surface area contributed by atoms with Gasteiger partial charge in [0.15, 0.2) is 6.10 Å². The van der Waals surface area contributed by atoms with Gasteiger partial charge in [-0.15, -0.1) is 0 Å². The van der Waals surface area contributed by atoms with Crippen LogP contribution in [-0.2, 0) is 83.1 Å². The highest BCUT2D eigenvalue weighted by molar-refractivity contribution is 5.99. The van der Waals surface area contributed by atoms with E-state index in [1.165, 1.54) is 30.3 Å². The van der Waals surface area contributed by atoms with Crippen LogP contribution in [0.15, 0.2) is 71.5 Å². The highest BCUT2D eigenvalue weighted by Gasteiger charge is 2.38. The number of rotatable bonds is 35. The summed E-state index contributed by atoms with van der Waals surface area (Å²) in [7, 11) is 0. The molecular formula is C63H80FN7O14. The first kappa shape index (κ1) is 64.0. The maximum Gasteiger partial charge on any atom is 0.313 e. The van der Waals surface area contributed by atoms with Crippen LogP contribution in [0.1, 0.15) is 121 Å². The Morgan fingerprint density at radius 3 is 2.06 bits per heavy atom. The van der Waals surface area contributed by atoms with Crippen molar-refractivity contribution in [3.05, 3.63) is 127 Å². The first-order valence-corrected chi connectivity index (χ1v) is 29.6. The lowest BCUT2D eigenvalue weighted by Crippen LogP contribution is -2.53. The molecule has 21 nitrogen and oxygen atoms in total. The smallest absolute Gasteiger partial charge is 0.313 e. The zero-order chi connectivity index (χ0) is 60.2. The molecule has 4 heterocycles. The Kier molecular flexibility index (Phi) is 24.0. The molecule has 5 aromatic rings. The van der Waals surface area contributed by atoms with Crippen molar-refractivity contribution in [3.8, 4) is 11.4 Å². The Morgan fingerprint density at radius 1 is 0.776 bits per heavy atom. The van der Waals surface area contributed by atoms with Crippen molar-refractivity contribution in [3.63, 3.8) is 0 Å². The van der Waals surface area contributed by atoms with Crippen molar-refractivity contribution in [2.24, 2.45) is 5.73 Å². The Bertz CT molecular complexity index is 3160. The van der Waals surface area contributed by atoms with Crippen molar-refractivity contribution in [1.29, 1.82) is 0 Å². The molecule has 3 aromatic carbocycles. The van der Waals surface area contributed by atoms with Crippen molar-refractivity contribution < 1.29 is 66.6 Å². The number of halogens is 1. The number of ether oxygens (including phenoxy) is 7. The monoisotopic (exact) mass is 1180 g/mol. The maximum atomic E-state index is 15.5. The molecule has 3 aliphatic rings. The first-order chi connectivity index (χ1) is 41.3. The van der Waals surface area contributed by atoms with Gasteiger partial charge < -0.3 is 69.8 Å². The second kappa shape index (κ2) is 31.9. The average Bonchev–Trinajstić information content (AvgIpc) is 1.72. The Labute approximate surface area is 494 Å². The number of aliphatic hydroxyl groups is 1. The predicted molar refractivity (Wildman–Crippen MR) is 314 cm³/mol. The van der Waals surface area contributed by atoms with Crippen LogP contribution in [0, 0.1) is 12.7 Å². The minimum Gasteiger partial charge on any atom is -0.460 e. The highest BCUT2D eigenvalue weighted by Crippen LogP contribution is 2.46. The van der Waals surface area contributed by atoms with Crippen LogP contribution in [0.25, 0.3) is 22.3 Å². The first-order valence-electron chi connectivity index (χ1n) is 29.6. The van der Waals surface area contributed by atoms with E-state index in [0.717, 1.165) is 24.2 Å². The molecule has 85 heavy (non-hydrogen) atoms. The molecule has 0 radical (unpaired) electrons. The Hall–Kier alpha value is -7.02. The van der Waals surface area contributed by atoms with Gasteiger partial charge >= 0.3 is 5.97 Å². The number of hydrogen-bond donors (Lipinski definition) is 6. The zero-order valence-electron chi connectivity index (χ0n) is 48.8. The number of carbonyl (C=O) groups excluding carboxylic acids is 5. The largest absolute Gasteiger partial charge is 0.460 e. The number of anilines is 1. The van der Waals surface area contributed by atoms with E-state index < -0.39 is 65.6 Å². The van der Waals surface area contributed by atoms with E-state index in [-0.39, 0.29) is 56.8 Å². The molecule has 22 heteroatoms. The zero-order valence-corrected chi connectivity index (χ0v) is 48.8. The van der Waals surface area contributed by atoms with Gasteiger partial charge in [-0.2, -0.15) is 0 Å². The number of amides is 4. The molecule has 0 spiro atoms. The molecule has 0 bridgehead atoms. The summed E-state index contributed by atoms with van der Waals surface area (Å²) in [5.41, 5.74) is 11.8. The number of aliphatic hydroxyl groups excluding tert-OH is 1. The lowest BCUT2D eigenvalue weighted by atomic mass is 9.81. The highest BCUT2D eigenvalue weighted by atomic mass is 19.1. The number of unbranched alkanes of at least 4 members (excludes halogenated alkanes) is 1. The third-order valence-corrected chi connectivity index (χ3v) is 15.5. The van der Waals surface area contributed by atoms with Gasteiger partial charge in [-0.1, -0.05) is 56.3 Å². The second-order valence-corrected chi connectivity index (χ2v) is 21.3. The minimum atomic E-state index is -1.65. The number of nitrogens with two attached hydrogens (primary N) is 1. The normalized spacial score (nSPS) is 16.0. The van der Waals surface area contributed by atoms with E-state index in [9.17, 15) is 33.9 Å². The van der Waals surface area contributed by atoms with Crippen molar-refractivity contribution in [1.82, 2.24) is 25.5 Å². The van der Waals surface area contributed by atoms with Gasteiger partial charge in [0.2, 0.25) is 17.7 Å². The molecule has 458 valence electrons. The topological polar surface area (TPSA) is 279 Å². The number of benzene rings is 3. The standard InChI is InChI=1S/C63H80FN7O14/c1-4-22-79-24-26-81-28-30-83-32-33-84-31-29-82-27-25-80-23-20-54(72)67-52(34-40-11-7-6-8-12-40)60(75)70-50(13-9-10-21-65)59(74)66-42-16-14-41(15-17-42)58(73)61(76)69-49-19-18-44-39(3)48(64)36-51-55(44)56(49)46-37-71-53(57(46)68-51)35-45-43(5-2)63(78)85-38-47(45)62(71)77/h6-8,11-12,14-17,35-36,43,49-50,52,58,73H,4-5,9-10,13,18-34,37-38,65H2,1-3H3,(H,66,74)(H,67,72)(H,69,76)(H,70,75)/t43?,49-,50-,52-,58?/m0/s1. The Morgan fingerprint density at radius 2 is 1.42 bits per heavy atom. The summed E-state index contributed by atoms with van der Waals surface area (Å²) in [5, 5.41) is 23.8. The van der Waals surface area contributed by atoms with Crippen LogP contribution < -0.4 is 32.6 Å². The fourth-order valence-corrected chi connectivity index (χ4v) is 11.0. The van der Waals surface area contributed by atoms with Gasteiger partial charge in [0.1, 0.15) is 24.5 Å². The quantitative estimate of drug-likeness (QED) is 0.0213. The molecule has 5 atom stereocenters. The summed E-state index contributed by atoms with van der Waals surface area (Å²) in [6.07, 6.45) is 2.02. The molecule has 2 unspecified atom stereocenters. The lowest BCUT2D eigenvalue weighted by Gasteiger charge is -2.30. The number of hydrogen-bond acceptors (Lipinski definition) is 16. The van der Waals surface area contributed by atoms with E-state index in [4.69, 9.17) is 43.9 Å². The minimum absolute atomic E-state index is 0.0267. The summed E-state index contributed by atoms with van der Waals surface area (Å²) >= 11 is 0. The molecule has 1 aliphatic carbocycles. The van der Waals surface area contributed by atoms with E-state index in [0.29, 0.717) is 154 Å². The van der Waals surface area contributed by atoms with Crippen LogP contribution in [0.4, 0.5) is 10.1 Å². The van der Waals surface area contributed by atoms with Gasteiger partial charge in [0.05, 0.1) is 114 Å². The molecule has 8 rings (SSSR count). The number of pyridine rings is 2. The number of cyclic esters (lactones) is 1. The number of carbonyl (C=O) groups is 5. The SMILES string of the molecule is CCCOCCOCCOCCOCCOCCOCCC(=O)N[C@@H](Cc1ccccc1)C(=O)N[C@@H](CCCCN)C(=O)Nc1ccc(C(O)C(=O)N[C@H]2CCc3c(C)c(F)cc4nc5c(c2c34)Cn2c-5cc3c(c2=O)COC(=O)C3CC)cc1. The van der Waals surface area contributed by atoms with Gasteiger partial charge in [0.25, 0.3) is 11.5 Å². The number of fused-ring (bicyclic) bond motifs is 5. The summed E-state index contributed by atoms with van der Waals surface area (Å²) in [6, 6.07) is 15.8. The fourth-order valence-electron chi connectivity index (χ4n) is 11.0. The average molecular weight is 1180 g/mol. The third-order valence-electron chi connectivity index (χ3n) is 15.5. The van der Waals surface area contributed by atoms with E-state index >= 15 is 4.39 Å². The van der Waals surface area contributed by atoms with Crippen molar-refractivity contribution in [2.45, 2.75) is 122 Å². The van der Waals surface area contributed by atoms with E-state index in [1.807, 2.05) is 43.3 Å². The van der Waals surface area contributed by atoms with Gasteiger partial charge in [-0.05, 0) is 110 Å². The maximum absolute atomic E-state index is 15.5. The van der Waals surface area contributed by atoms with Crippen molar-refractivity contribution in [2.75, 3.05) is 91.1 Å². The van der Waals surface area contributed by atoms with Crippen molar-refractivity contribution >= 4 is 46.2 Å². The third kappa shape index (κ3) is 16.7. The predicted octanol–water partition coefficient (Wildman–Crippen LogP) is 5.44. The van der Waals surface area contributed by atoms with Gasteiger partial charge in [-0.25, -0.2) is 9.37 Å². The van der Waals surface area contributed by atoms with Gasteiger partial charge in [0, 0.05) is 42.2 Å². The molecule has 0 saturated carbocycles. The molecule has 2 aromatic heterocycles. The van der Waals surface area contributed by atoms with Crippen LogP contribution >= 0.6 is 0 Å². The van der Waals surface area contributed by atoms with E-state index in [2.05, 4.69) is 28.2 Å². The van der Waals surface area contributed by atoms with Crippen LogP contribution in [0.2, 0.25) is 0 Å². The number of aromatic nitrogens is 2. The van der Waals surface area contributed by atoms with Crippen LogP contribution in [-0.4, -0.2) is 142 Å².